The van der Waals surface area contributed by atoms with E-state index in [4.69, 9.17) is 0 Å². The van der Waals surface area contributed by atoms with E-state index in [0.29, 0.717) is 0 Å². The second-order valence-electron chi connectivity index (χ2n) is 6.36. The summed E-state index contributed by atoms with van der Waals surface area (Å²) in [6, 6.07) is 0.245. The van der Waals surface area contributed by atoms with Crippen LogP contribution in [-0.2, 0) is 23.0 Å². The van der Waals surface area contributed by atoms with Gasteiger partial charge < -0.3 is 9.88 Å². The second kappa shape index (κ2) is 6.11. The predicted molar refractivity (Wildman–Crippen MR) is 85.7 cm³/mol. The Bertz CT molecular complexity index is 608. The molecule has 1 aromatic heterocycles. The Morgan fingerprint density at radius 2 is 2.00 bits per heavy atom. The third kappa shape index (κ3) is 2.58. The molecule has 2 unspecified atom stereocenters. The Kier molecular flexibility index (Phi) is 4.51. The maximum absolute atomic E-state index is 13.0. The van der Waals surface area contributed by atoms with Crippen LogP contribution in [-0.4, -0.2) is 47.4 Å². The smallest absolute Gasteiger partial charge is 0.262 e. The van der Waals surface area contributed by atoms with Crippen LogP contribution in [0, 0.1) is 0 Å². The van der Waals surface area contributed by atoms with Crippen LogP contribution in [0.5, 0.6) is 0 Å². The Labute approximate surface area is 137 Å². The number of hydrogen-bond donors (Lipinski definition) is 1. The van der Waals surface area contributed by atoms with Gasteiger partial charge in [-0.3, -0.25) is 0 Å². The van der Waals surface area contributed by atoms with Crippen molar-refractivity contribution in [2.75, 3.05) is 13.1 Å². The second-order valence-corrected chi connectivity index (χ2v) is 8.15. The molecule has 22 heavy (non-hydrogen) atoms. The Morgan fingerprint density at radius 1 is 1.18 bits per heavy atom. The van der Waals surface area contributed by atoms with E-state index in [9.17, 15) is 8.42 Å². The van der Waals surface area contributed by atoms with Crippen LogP contribution in [0.1, 0.15) is 37.9 Å². The number of halogens is 1. The van der Waals surface area contributed by atoms with Crippen LogP contribution < -0.4 is 5.32 Å². The fraction of sp³-hybridized carbons (Fsp3) is 0.786. The van der Waals surface area contributed by atoms with Crippen molar-refractivity contribution in [3.8, 4) is 0 Å². The number of imidazole rings is 1. The first-order valence-electron chi connectivity index (χ1n) is 7.96. The molecule has 2 fully saturated rings. The summed E-state index contributed by atoms with van der Waals surface area (Å²) in [6.45, 7) is 2.57. The summed E-state index contributed by atoms with van der Waals surface area (Å²) < 4.78 is 29.9. The number of rotatable bonds is 2. The maximum atomic E-state index is 13.0. The van der Waals surface area contributed by atoms with Gasteiger partial charge in [-0.25, -0.2) is 13.4 Å². The summed E-state index contributed by atoms with van der Waals surface area (Å²) in [7, 11) is -3.45. The first kappa shape index (κ1) is 16.2. The number of sulfonamides is 1. The van der Waals surface area contributed by atoms with Crippen LogP contribution in [0.25, 0.3) is 0 Å². The molecule has 0 saturated carbocycles. The van der Waals surface area contributed by atoms with Gasteiger partial charge in [0.05, 0.1) is 0 Å². The number of fused-ring (bicyclic) bond motifs is 3. The van der Waals surface area contributed by atoms with Gasteiger partial charge in [0.15, 0.2) is 5.03 Å². The lowest BCUT2D eigenvalue weighted by molar-refractivity contribution is 0.333. The van der Waals surface area contributed by atoms with Gasteiger partial charge in [-0.2, -0.15) is 4.31 Å². The maximum Gasteiger partial charge on any atom is 0.262 e. The highest BCUT2D eigenvalue weighted by molar-refractivity contribution is 7.89. The highest BCUT2D eigenvalue weighted by Gasteiger charge is 2.44. The van der Waals surface area contributed by atoms with Gasteiger partial charge in [0.2, 0.25) is 0 Å². The molecule has 1 aromatic rings. The van der Waals surface area contributed by atoms with Crippen LogP contribution >= 0.6 is 12.4 Å². The molecule has 3 aliphatic heterocycles. The minimum atomic E-state index is -3.45. The first-order chi connectivity index (χ1) is 10.2. The number of aromatic nitrogens is 2. The van der Waals surface area contributed by atoms with Crippen molar-refractivity contribution in [2.24, 2.45) is 0 Å². The third-order valence-electron chi connectivity index (χ3n) is 5.02. The fourth-order valence-corrected chi connectivity index (χ4v) is 5.82. The molecule has 0 amide bonds. The van der Waals surface area contributed by atoms with E-state index in [1.54, 1.807) is 10.5 Å². The Balaban J connectivity index is 0.00000144. The lowest BCUT2D eigenvalue weighted by atomic mass is 10.1. The zero-order valence-corrected chi connectivity index (χ0v) is 14.2. The van der Waals surface area contributed by atoms with E-state index in [2.05, 4.69) is 10.3 Å². The highest BCUT2D eigenvalue weighted by Crippen LogP contribution is 2.33. The minimum Gasteiger partial charge on any atom is -0.333 e. The van der Waals surface area contributed by atoms with Gasteiger partial charge in [0.1, 0.15) is 5.82 Å². The standard InChI is InChI=1S/C14H22N4O2S.ClH/c19-21(20,14-10-17-8-2-1-3-13(17)16-14)18-11-4-5-12(18)9-15-7-6-11;/h10-12,15H,1-9H2;1H. The number of hydrogen-bond acceptors (Lipinski definition) is 4. The van der Waals surface area contributed by atoms with Gasteiger partial charge in [-0.05, 0) is 38.6 Å². The third-order valence-corrected chi connectivity index (χ3v) is 6.89. The zero-order valence-electron chi connectivity index (χ0n) is 12.6. The summed E-state index contributed by atoms with van der Waals surface area (Å²) >= 11 is 0. The summed E-state index contributed by atoms with van der Waals surface area (Å²) in [5, 5.41) is 3.61. The van der Waals surface area contributed by atoms with Crippen molar-refractivity contribution in [1.82, 2.24) is 19.2 Å². The Morgan fingerprint density at radius 3 is 2.82 bits per heavy atom. The van der Waals surface area contributed by atoms with Gasteiger partial charge in [0, 0.05) is 37.8 Å². The molecule has 2 atom stereocenters. The van der Waals surface area contributed by atoms with Crippen molar-refractivity contribution in [2.45, 2.75) is 62.2 Å². The van der Waals surface area contributed by atoms with Crippen LogP contribution in [0.3, 0.4) is 0 Å². The molecule has 0 aliphatic carbocycles. The van der Waals surface area contributed by atoms with Gasteiger partial charge in [-0.15, -0.1) is 12.4 Å². The average molecular weight is 347 g/mol. The lowest BCUT2D eigenvalue weighted by Crippen LogP contribution is -2.42. The normalized spacial score (nSPS) is 28.7. The first-order valence-corrected chi connectivity index (χ1v) is 9.40. The molecule has 3 aliphatic rings. The predicted octanol–water partition coefficient (Wildman–Crippen LogP) is 1.16. The van der Waals surface area contributed by atoms with Crippen molar-refractivity contribution in [3.63, 3.8) is 0 Å². The number of nitrogens with one attached hydrogen (secondary N) is 1. The molecule has 1 N–H and O–H groups in total. The molecule has 2 bridgehead atoms. The van der Waals surface area contributed by atoms with Crippen molar-refractivity contribution in [1.29, 1.82) is 0 Å². The van der Waals surface area contributed by atoms with E-state index in [1.807, 2.05) is 4.57 Å². The SMILES string of the molecule is Cl.O=S(=O)(c1cn2c(n1)CCCC2)N1C2CCNCC1CC2. The summed E-state index contributed by atoms with van der Waals surface area (Å²) in [6.07, 6.45) is 7.72. The lowest BCUT2D eigenvalue weighted by Gasteiger charge is -2.25. The van der Waals surface area contributed by atoms with Crippen molar-refractivity contribution >= 4 is 22.4 Å². The molecule has 4 rings (SSSR count). The van der Waals surface area contributed by atoms with Crippen LogP contribution in [0.4, 0.5) is 0 Å². The Hall–Kier alpha value is -0.630. The van der Waals surface area contributed by atoms with Gasteiger partial charge >= 0.3 is 0 Å². The van der Waals surface area contributed by atoms with Gasteiger partial charge in [0.25, 0.3) is 10.0 Å². The quantitative estimate of drug-likeness (QED) is 0.872. The molecular formula is C14H23ClN4O2S. The molecule has 0 radical (unpaired) electrons. The molecular weight excluding hydrogens is 324 g/mol. The topological polar surface area (TPSA) is 67.2 Å². The molecule has 4 heterocycles. The molecule has 0 aromatic carbocycles. The zero-order chi connectivity index (χ0) is 14.4. The average Bonchev–Trinajstić information content (AvgIpc) is 2.99. The monoisotopic (exact) mass is 346 g/mol. The van der Waals surface area contributed by atoms with E-state index in [1.165, 1.54) is 0 Å². The largest absolute Gasteiger partial charge is 0.333 e. The minimum absolute atomic E-state index is 0. The number of nitrogens with zero attached hydrogens (tertiary/aromatic N) is 3. The molecule has 124 valence electrons. The van der Waals surface area contributed by atoms with Crippen molar-refractivity contribution < 1.29 is 8.42 Å². The fourth-order valence-electron chi connectivity index (χ4n) is 3.95. The van der Waals surface area contributed by atoms with E-state index < -0.39 is 10.0 Å². The number of aryl methyl sites for hydroxylation is 2. The van der Waals surface area contributed by atoms with E-state index >= 15 is 0 Å². The molecule has 2 saturated heterocycles. The van der Waals surface area contributed by atoms with Gasteiger partial charge in [-0.1, -0.05) is 0 Å². The molecule has 8 heteroatoms. The summed E-state index contributed by atoms with van der Waals surface area (Å²) in [4.78, 5) is 4.44. The summed E-state index contributed by atoms with van der Waals surface area (Å²) in [5.74, 6) is 0.931. The molecule has 0 spiro atoms. The van der Waals surface area contributed by atoms with E-state index in [-0.39, 0.29) is 29.5 Å². The van der Waals surface area contributed by atoms with Crippen molar-refractivity contribution in [3.05, 3.63) is 12.0 Å². The van der Waals surface area contributed by atoms with E-state index in [0.717, 1.165) is 64.0 Å². The van der Waals surface area contributed by atoms with Crippen LogP contribution in [0.15, 0.2) is 11.2 Å². The molecule has 6 nitrogen and oxygen atoms in total. The summed E-state index contributed by atoms with van der Waals surface area (Å²) in [5.41, 5.74) is 0. The van der Waals surface area contributed by atoms with Crippen LogP contribution in [0.2, 0.25) is 0 Å². The highest BCUT2D eigenvalue weighted by atomic mass is 35.5.